The van der Waals surface area contributed by atoms with E-state index < -0.39 is 0 Å². The van der Waals surface area contributed by atoms with Gasteiger partial charge in [0.05, 0.1) is 4.92 Å². The van der Waals surface area contributed by atoms with Gasteiger partial charge in [-0.25, -0.2) is 4.68 Å². The van der Waals surface area contributed by atoms with E-state index in [4.69, 9.17) is 0 Å². The van der Waals surface area contributed by atoms with Crippen molar-refractivity contribution in [3.63, 3.8) is 0 Å². The number of nitrogens with one attached hydrogen (secondary N) is 1. The molecule has 2 atom stereocenters. The smallest absolute Gasteiger partial charge is 0.333 e. The molecule has 0 saturated heterocycles. The van der Waals surface area contributed by atoms with Crippen LogP contribution >= 0.6 is 0 Å². The Hall–Kier alpha value is -1.59. The SMILES string of the molecule is CCc1nn(C)c(NC2CCCCCC2C)c1[N+](=O)[O-]. The van der Waals surface area contributed by atoms with Crippen molar-refractivity contribution in [2.24, 2.45) is 13.0 Å². The first-order valence-corrected chi connectivity index (χ1v) is 7.51. The monoisotopic (exact) mass is 280 g/mol. The number of hydrogen-bond acceptors (Lipinski definition) is 4. The molecule has 1 N–H and O–H groups in total. The van der Waals surface area contributed by atoms with Crippen LogP contribution in [0, 0.1) is 16.0 Å². The summed E-state index contributed by atoms with van der Waals surface area (Å²) < 4.78 is 1.62. The van der Waals surface area contributed by atoms with Crippen LogP contribution in [0.3, 0.4) is 0 Å². The van der Waals surface area contributed by atoms with Crippen molar-refractivity contribution in [1.82, 2.24) is 9.78 Å². The van der Waals surface area contributed by atoms with E-state index in [1.54, 1.807) is 11.7 Å². The largest absolute Gasteiger partial charge is 0.362 e. The maximum atomic E-state index is 11.3. The lowest BCUT2D eigenvalue weighted by Gasteiger charge is -2.23. The Morgan fingerprint density at radius 1 is 1.40 bits per heavy atom. The fraction of sp³-hybridized carbons (Fsp3) is 0.786. The van der Waals surface area contributed by atoms with Crippen LogP contribution < -0.4 is 5.32 Å². The molecule has 2 unspecified atom stereocenters. The van der Waals surface area contributed by atoms with Crippen molar-refractivity contribution in [3.8, 4) is 0 Å². The van der Waals surface area contributed by atoms with Gasteiger partial charge >= 0.3 is 5.69 Å². The van der Waals surface area contributed by atoms with E-state index in [1.807, 2.05) is 6.92 Å². The second-order valence-electron chi connectivity index (χ2n) is 5.74. The first kappa shape index (κ1) is 14.8. The highest BCUT2D eigenvalue weighted by molar-refractivity contribution is 5.60. The third-order valence-corrected chi connectivity index (χ3v) is 4.29. The summed E-state index contributed by atoms with van der Waals surface area (Å²) in [5.74, 6) is 1.10. The van der Waals surface area contributed by atoms with Crippen molar-refractivity contribution < 1.29 is 4.92 Å². The lowest BCUT2D eigenvalue weighted by atomic mass is 9.97. The zero-order valence-corrected chi connectivity index (χ0v) is 12.6. The average molecular weight is 280 g/mol. The third-order valence-electron chi connectivity index (χ3n) is 4.29. The minimum absolute atomic E-state index is 0.145. The van der Waals surface area contributed by atoms with Gasteiger partial charge in [-0.1, -0.05) is 33.1 Å². The Labute approximate surface area is 119 Å². The summed E-state index contributed by atoms with van der Waals surface area (Å²) in [6.07, 6.45) is 6.54. The number of nitrogens with zero attached hydrogens (tertiary/aromatic N) is 3. The van der Waals surface area contributed by atoms with E-state index in [0.29, 0.717) is 29.9 Å². The van der Waals surface area contributed by atoms with E-state index in [0.717, 1.165) is 6.42 Å². The fourth-order valence-corrected chi connectivity index (χ4v) is 3.04. The first-order valence-electron chi connectivity index (χ1n) is 7.51. The molecule has 0 radical (unpaired) electrons. The van der Waals surface area contributed by atoms with Gasteiger partial charge in [-0.05, 0) is 25.2 Å². The summed E-state index contributed by atoms with van der Waals surface area (Å²) in [4.78, 5) is 11.0. The second kappa shape index (κ2) is 6.24. The van der Waals surface area contributed by atoms with E-state index in [-0.39, 0.29) is 10.6 Å². The van der Waals surface area contributed by atoms with E-state index >= 15 is 0 Å². The van der Waals surface area contributed by atoms with Crippen LogP contribution in [0.1, 0.15) is 51.6 Å². The quantitative estimate of drug-likeness (QED) is 0.522. The third kappa shape index (κ3) is 2.94. The van der Waals surface area contributed by atoms with Crippen molar-refractivity contribution in [2.75, 3.05) is 5.32 Å². The fourth-order valence-electron chi connectivity index (χ4n) is 3.04. The molecule has 112 valence electrons. The summed E-state index contributed by atoms with van der Waals surface area (Å²) in [5.41, 5.74) is 0.702. The number of anilines is 1. The number of nitro groups is 1. The van der Waals surface area contributed by atoms with Gasteiger partial charge in [0.25, 0.3) is 0 Å². The zero-order valence-electron chi connectivity index (χ0n) is 12.6. The number of hydrogen-bond donors (Lipinski definition) is 1. The van der Waals surface area contributed by atoms with E-state index in [2.05, 4.69) is 17.3 Å². The maximum Gasteiger partial charge on any atom is 0.333 e. The van der Waals surface area contributed by atoms with Gasteiger partial charge in [-0.3, -0.25) is 10.1 Å². The lowest BCUT2D eigenvalue weighted by Crippen LogP contribution is -2.27. The topological polar surface area (TPSA) is 73.0 Å². The molecule has 0 aromatic carbocycles. The molecule has 2 rings (SSSR count). The Kier molecular flexibility index (Phi) is 4.62. The summed E-state index contributed by atoms with van der Waals surface area (Å²) >= 11 is 0. The van der Waals surface area contributed by atoms with Crippen molar-refractivity contribution >= 4 is 11.5 Å². The van der Waals surface area contributed by atoms with Gasteiger partial charge in [0, 0.05) is 13.1 Å². The molecule has 1 fully saturated rings. The van der Waals surface area contributed by atoms with Crippen LogP contribution in [-0.4, -0.2) is 20.7 Å². The molecule has 1 heterocycles. The van der Waals surface area contributed by atoms with Crippen LogP contribution in [-0.2, 0) is 13.5 Å². The van der Waals surface area contributed by atoms with Crippen molar-refractivity contribution in [1.29, 1.82) is 0 Å². The highest BCUT2D eigenvalue weighted by Gasteiger charge is 2.29. The lowest BCUT2D eigenvalue weighted by molar-refractivity contribution is -0.384. The zero-order chi connectivity index (χ0) is 14.7. The highest BCUT2D eigenvalue weighted by atomic mass is 16.6. The Balaban J connectivity index is 2.27. The summed E-state index contributed by atoms with van der Waals surface area (Å²) in [5, 5.41) is 19.0. The molecule has 0 aliphatic heterocycles. The number of aryl methyl sites for hydroxylation is 2. The van der Waals surface area contributed by atoms with Crippen LogP contribution in [0.25, 0.3) is 0 Å². The van der Waals surface area contributed by atoms with Gasteiger partial charge in [-0.2, -0.15) is 5.10 Å². The Morgan fingerprint density at radius 3 is 2.75 bits per heavy atom. The molecule has 6 heteroatoms. The first-order chi connectivity index (χ1) is 9.54. The molecule has 20 heavy (non-hydrogen) atoms. The van der Waals surface area contributed by atoms with Crippen molar-refractivity contribution in [2.45, 2.75) is 58.4 Å². The van der Waals surface area contributed by atoms with Gasteiger partial charge in [0.1, 0.15) is 5.69 Å². The van der Waals surface area contributed by atoms with Gasteiger partial charge in [0.15, 0.2) is 0 Å². The Morgan fingerprint density at radius 2 is 2.10 bits per heavy atom. The van der Waals surface area contributed by atoms with Gasteiger partial charge in [0.2, 0.25) is 5.82 Å². The molecule has 1 aromatic rings. The summed E-state index contributed by atoms with van der Waals surface area (Å²) in [6, 6.07) is 0.302. The molecule has 0 amide bonds. The minimum Gasteiger partial charge on any atom is -0.362 e. The van der Waals surface area contributed by atoms with Gasteiger partial charge < -0.3 is 5.32 Å². The minimum atomic E-state index is -0.310. The van der Waals surface area contributed by atoms with Gasteiger partial charge in [-0.15, -0.1) is 0 Å². The second-order valence-corrected chi connectivity index (χ2v) is 5.74. The normalized spacial score (nSPS) is 23.4. The molecule has 0 spiro atoms. The molecular weight excluding hydrogens is 256 g/mol. The summed E-state index contributed by atoms with van der Waals surface area (Å²) in [7, 11) is 1.77. The molecule has 1 aromatic heterocycles. The summed E-state index contributed by atoms with van der Waals surface area (Å²) in [6.45, 7) is 4.12. The number of aromatic nitrogens is 2. The standard InChI is InChI=1S/C14H24N4O2/c1-4-11-13(18(19)20)14(17(3)16-11)15-12-9-7-5-6-8-10(12)2/h10,12,15H,4-9H2,1-3H3. The maximum absolute atomic E-state index is 11.3. The van der Waals surface area contributed by atoms with Crippen LogP contribution in [0.4, 0.5) is 11.5 Å². The van der Waals surface area contributed by atoms with Crippen LogP contribution in [0.5, 0.6) is 0 Å². The Bertz CT molecular complexity index is 484. The average Bonchev–Trinajstić information content (AvgIpc) is 2.58. The van der Waals surface area contributed by atoms with Crippen LogP contribution in [0.2, 0.25) is 0 Å². The predicted octanol–water partition coefficient (Wildman–Crippen LogP) is 3.27. The predicted molar refractivity (Wildman–Crippen MR) is 78.9 cm³/mol. The van der Waals surface area contributed by atoms with E-state index in [9.17, 15) is 10.1 Å². The molecule has 6 nitrogen and oxygen atoms in total. The molecule has 0 bridgehead atoms. The number of rotatable bonds is 4. The molecule has 1 aliphatic carbocycles. The molecular formula is C14H24N4O2. The molecule has 1 aliphatic rings. The van der Waals surface area contributed by atoms with Crippen molar-refractivity contribution in [3.05, 3.63) is 15.8 Å². The van der Waals surface area contributed by atoms with Crippen LogP contribution in [0.15, 0.2) is 0 Å². The van der Waals surface area contributed by atoms with E-state index in [1.165, 1.54) is 25.7 Å². The molecule has 1 saturated carbocycles. The highest BCUT2D eigenvalue weighted by Crippen LogP contribution is 2.32.